The van der Waals surface area contributed by atoms with E-state index in [1.165, 1.54) is 6.92 Å². The number of nitrogens with zero attached hydrogens (tertiary/aromatic N) is 2. The molecule has 182 valence electrons. The molecule has 33 heavy (non-hydrogen) atoms. The lowest BCUT2D eigenvalue weighted by Gasteiger charge is -2.41. The number of carbonyl (C=O) groups is 2. The van der Waals surface area contributed by atoms with E-state index in [4.69, 9.17) is 10.5 Å². The smallest absolute Gasteiger partial charge is 0.414 e. The fraction of sp³-hybridized carbons (Fsp3) is 0.652. The van der Waals surface area contributed by atoms with Crippen molar-refractivity contribution < 1.29 is 22.7 Å². The zero-order chi connectivity index (χ0) is 23.8. The van der Waals surface area contributed by atoms with Crippen LogP contribution in [0.3, 0.4) is 0 Å². The topological polar surface area (TPSA) is 122 Å². The monoisotopic (exact) mass is 478 g/mol. The summed E-state index contributed by atoms with van der Waals surface area (Å²) >= 11 is 0. The highest BCUT2D eigenvalue weighted by molar-refractivity contribution is 7.92. The van der Waals surface area contributed by atoms with Crippen molar-refractivity contribution in [2.45, 2.75) is 63.6 Å². The second kappa shape index (κ2) is 9.60. The zero-order valence-corrected chi connectivity index (χ0v) is 20.1. The number of benzene rings is 1. The summed E-state index contributed by atoms with van der Waals surface area (Å²) in [7, 11) is -2.90. The molecule has 0 radical (unpaired) electrons. The first-order valence-corrected chi connectivity index (χ1v) is 13.6. The Bertz CT molecular complexity index is 996. The molecule has 2 heterocycles. The van der Waals surface area contributed by atoms with E-state index in [0.29, 0.717) is 31.0 Å². The van der Waals surface area contributed by atoms with Crippen LogP contribution >= 0.6 is 0 Å². The number of hydrogen-bond acceptors (Lipinski definition) is 7. The molecule has 1 saturated heterocycles. The van der Waals surface area contributed by atoms with Crippen LogP contribution < -0.4 is 20.9 Å². The van der Waals surface area contributed by atoms with E-state index in [-0.39, 0.29) is 47.6 Å². The summed E-state index contributed by atoms with van der Waals surface area (Å²) in [4.78, 5) is 28.9. The van der Waals surface area contributed by atoms with E-state index in [1.807, 2.05) is 25.1 Å². The zero-order valence-electron chi connectivity index (χ0n) is 19.3. The van der Waals surface area contributed by atoms with Gasteiger partial charge < -0.3 is 20.7 Å². The van der Waals surface area contributed by atoms with E-state index in [1.54, 1.807) is 9.80 Å². The molecule has 1 unspecified atom stereocenters. The second-order valence-corrected chi connectivity index (χ2v) is 11.7. The summed E-state index contributed by atoms with van der Waals surface area (Å²) in [6, 6.07) is 5.50. The molecule has 2 atom stereocenters. The van der Waals surface area contributed by atoms with Crippen molar-refractivity contribution in [1.29, 1.82) is 0 Å². The lowest BCUT2D eigenvalue weighted by Crippen LogP contribution is -2.52. The van der Waals surface area contributed by atoms with E-state index in [9.17, 15) is 18.0 Å². The van der Waals surface area contributed by atoms with Gasteiger partial charge in [0.15, 0.2) is 9.84 Å². The van der Waals surface area contributed by atoms with Crippen LogP contribution in [0.5, 0.6) is 0 Å². The second-order valence-electron chi connectivity index (χ2n) is 9.50. The lowest BCUT2D eigenvalue weighted by molar-refractivity contribution is -0.117. The summed E-state index contributed by atoms with van der Waals surface area (Å²) in [5, 5.41) is 3.29. The van der Waals surface area contributed by atoms with Crippen LogP contribution in [-0.4, -0.2) is 69.7 Å². The van der Waals surface area contributed by atoms with Crippen LogP contribution in [0.1, 0.15) is 51.0 Å². The highest BCUT2D eigenvalue weighted by atomic mass is 32.2. The third-order valence-corrected chi connectivity index (χ3v) is 8.71. The summed E-state index contributed by atoms with van der Waals surface area (Å²) in [5.41, 5.74) is 8.32. The number of nitrogens with two attached hydrogens (primary N) is 1. The molecule has 2 aliphatic heterocycles. The molecule has 1 aromatic carbocycles. The molecular weight excluding hydrogens is 444 g/mol. The molecule has 3 N–H and O–H groups in total. The Morgan fingerprint density at radius 2 is 1.91 bits per heavy atom. The quantitative estimate of drug-likeness (QED) is 0.639. The molecular formula is C23H34N4O5S. The van der Waals surface area contributed by atoms with E-state index in [2.05, 4.69) is 5.32 Å². The van der Waals surface area contributed by atoms with Crippen molar-refractivity contribution in [3.05, 3.63) is 23.8 Å². The number of carbonyl (C=O) groups excluding carboxylic acids is 2. The molecule has 1 aromatic rings. The first-order valence-electron chi connectivity index (χ1n) is 11.7. The van der Waals surface area contributed by atoms with Crippen molar-refractivity contribution in [1.82, 2.24) is 5.32 Å². The molecule has 2 amide bonds. The predicted molar refractivity (Wildman–Crippen MR) is 127 cm³/mol. The van der Waals surface area contributed by atoms with Gasteiger partial charge in [-0.2, -0.15) is 0 Å². The van der Waals surface area contributed by atoms with Crippen molar-refractivity contribution in [3.8, 4) is 0 Å². The SMILES string of the molecule is CC(=O)N1c2ccc(C(CN)CNC3CS(=O)(=O)C3)cc2N(C(=O)OC2CCCC2)C[C@@H]1C. The maximum absolute atomic E-state index is 13.1. The van der Waals surface area contributed by atoms with E-state index in [0.717, 1.165) is 31.2 Å². The number of anilines is 2. The minimum Gasteiger partial charge on any atom is -0.446 e. The molecule has 0 spiro atoms. The van der Waals surface area contributed by atoms with Gasteiger partial charge in [0.1, 0.15) is 6.10 Å². The van der Waals surface area contributed by atoms with Crippen molar-refractivity contribution >= 4 is 33.2 Å². The molecule has 0 aromatic heterocycles. The first-order chi connectivity index (χ1) is 15.7. The van der Waals surface area contributed by atoms with Crippen LogP contribution in [0.25, 0.3) is 0 Å². The molecule has 1 saturated carbocycles. The minimum atomic E-state index is -2.90. The molecule has 0 bridgehead atoms. The number of rotatable bonds is 6. The van der Waals surface area contributed by atoms with Gasteiger partial charge >= 0.3 is 6.09 Å². The van der Waals surface area contributed by atoms with Crippen LogP contribution in [0.4, 0.5) is 16.2 Å². The lowest BCUT2D eigenvalue weighted by atomic mass is 9.96. The van der Waals surface area contributed by atoms with Gasteiger partial charge in [-0.15, -0.1) is 0 Å². The van der Waals surface area contributed by atoms with Crippen LogP contribution in [-0.2, 0) is 19.4 Å². The van der Waals surface area contributed by atoms with E-state index < -0.39 is 9.84 Å². The van der Waals surface area contributed by atoms with Crippen LogP contribution in [0.2, 0.25) is 0 Å². The Kier molecular flexibility index (Phi) is 6.97. The maximum Gasteiger partial charge on any atom is 0.414 e. The fourth-order valence-electron chi connectivity index (χ4n) is 5.09. The average Bonchev–Trinajstić information content (AvgIpc) is 3.24. The number of amides is 2. The van der Waals surface area contributed by atoms with Gasteiger partial charge in [-0.05, 0) is 50.3 Å². The maximum atomic E-state index is 13.1. The largest absolute Gasteiger partial charge is 0.446 e. The Morgan fingerprint density at radius 3 is 2.52 bits per heavy atom. The predicted octanol–water partition coefficient (Wildman–Crippen LogP) is 1.76. The minimum absolute atomic E-state index is 0.0476. The fourth-order valence-corrected chi connectivity index (χ4v) is 6.45. The third kappa shape index (κ3) is 5.17. The summed E-state index contributed by atoms with van der Waals surface area (Å²) in [5.74, 6) is 0.168. The highest BCUT2D eigenvalue weighted by Crippen LogP contribution is 2.38. The number of nitrogens with one attached hydrogen (secondary N) is 1. The number of hydrogen-bond donors (Lipinski definition) is 2. The van der Waals surface area contributed by atoms with Gasteiger partial charge in [0, 0.05) is 38.5 Å². The molecule has 3 aliphatic rings. The van der Waals surface area contributed by atoms with Gasteiger partial charge in [0.05, 0.1) is 28.9 Å². The Labute approximate surface area is 195 Å². The van der Waals surface area contributed by atoms with Gasteiger partial charge in [0.25, 0.3) is 0 Å². The van der Waals surface area contributed by atoms with E-state index >= 15 is 0 Å². The third-order valence-electron chi connectivity index (χ3n) is 6.89. The number of fused-ring (bicyclic) bond motifs is 1. The molecule has 2 fully saturated rings. The van der Waals surface area contributed by atoms with Crippen molar-refractivity contribution in [3.63, 3.8) is 0 Å². The molecule has 1 aliphatic carbocycles. The molecule has 9 nitrogen and oxygen atoms in total. The normalized spacial score (nSPS) is 23.7. The van der Waals surface area contributed by atoms with Gasteiger partial charge in [-0.25, -0.2) is 13.2 Å². The Hall–Kier alpha value is -2.17. The highest BCUT2D eigenvalue weighted by Gasteiger charge is 2.36. The summed E-state index contributed by atoms with van der Waals surface area (Å²) < 4.78 is 28.7. The number of ether oxygens (including phenoxy) is 1. The standard InChI is InChI=1S/C23H34N4O5S/c1-15-12-26(23(29)32-20-5-3-4-6-20)22-9-17(7-8-21(22)27(15)16(2)28)18(10-24)11-25-19-13-33(30,31)14-19/h7-9,15,18-20,25H,3-6,10-14,24H2,1-2H3/t15-,18?/m0/s1. The van der Waals surface area contributed by atoms with Gasteiger partial charge in [0.2, 0.25) is 5.91 Å². The van der Waals surface area contributed by atoms with Gasteiger partial charge in [-0.3, -0.25) is 9.69 Å². The first kappa shape index (κ1) is 24.0. The summed E-state index contributed by atoms with van der Waals surface area (Å²) in [6.07, 6.45) is 3.49. The molecule has 10 heteroatoms. The van der Waals surface area contributed by atoms with Crippen LogP contribution in [0, 0.1) is 0 Å². The van der Waals surface area contributed by atoms with Crippen molar-refractivity contribution in [2.24, 2.45) is 5.73 Å². The summed E-state index contributed by atoms with van der Waals surface area (Å²) in [6.45, 7) is 4.71. The van der Waals surface area contributed by atoms with Crippen molar-refractivity contribution in [2.75, 3.05) is 40.9 Å². The average molecular weight is 479 g/mol. The van der Waals surface area contributed by atoms with Gasteiger partial charge in [-0.1, -0.05) is 6.07 Å². The Balaban J connectivity index is 1.58. The van der Waals surface area contributed by atoms with Crippen LogP contribution in [0.15, 0.2) is 18.2 Å². The molecule has 4 rings (SSSR count). The Morgan fingerprint density at radius 1 is 1.21 bits per heavy atom. The number of sulfone groups is 1.